The molecule has 0 bridgehead atoms. The Morgan fingerprint density at radius 3 is 2.49 bits per heavy atom. The third-order valence-corrected chi connectivity index (χ3v) is 6.69. The summed E-state index contributed by atoms with van der Waals surface area (Å²) in [6.45, 7) is 1.50. The van der Waals surface area contributed by atoms with E-state index in [2.05, 4.69) is 10.1 Å². The van der Waals surface area contributed by atoms with E-state index in [-0.39, 0.29) is 42.2 Å². The minimum atomic E-state index is -4.70. The molecule has 0 unspecified atom stereocenters. The number of alkyl halides is 3. The zero-order chi connectivity index (χ0) is 24.7. The quantitative estimate of drug-likeness (QED) is 0.376. The van der Waals surface area contributed by atoms with Crippen molar-refractivity contribution >= 4 is 22.9 Å². The van der Waals surface area contributed by atoms with Crippen LogP contribution in [-0.4, -0.2) is 56.5 Å². The molecule has 1 saturated heterocycles. The van der Waals surface area contributed by atoms with Gasteiger partial charge in [-0.3, -0.25) is 9.69 Å². The Labute approximate surface area is 200 Å². The SMILES string of the molecule is O=C(c1cc2nc(-c3cccs3)cc(C(F)(F)F)n2n1)N1CCN(Cc2cccc(F)c2F)CC1. The molecule has 1 aliphatic heterocycles. The van der Waals surface area contributed by atoms with Gasteiger partial charge in [0.2, 0.25) is 0 Å². The van der Waals surface area contributed by atoms with Crippen molar-refractivity contribution in [1.82, 2.24) is 24.4 Å². The van der Waals surface area contributed by atoms with Crippen LogP contribution in [0.2, 0.25) is 0 Å². The number of nitrogens with zero attached hydrogens (tertiary/aromatic N) is 5. The van der Waals surface area contributed by atoms with E-state index >= 15 is 0 Å². The summed E-state index contributed by atoms with van der Waals surface area (Å²) in [5, 5.41) is 5.66. The molecular formula is C23H18F5N5OS. The maximum atomic E-state index is 14.0. The third-order valence-electron chi connectivity index (χ3n) is 5.80. The van der Waals surface area contributed by atoms with Gasteiger partial charge in [0, 0.05) is 44.4 Å². The molecule has 1 aromatic carbocycles. The highest BCUT2D eigenvalue weighted by molar-refractivity contribution is 7.13. The van der Waals surface area contributed by atoms with E-state index in [1.165, 1.54) is 34.4 Å². The molecule has 182 valence electrons. The topological polar surface area (TPSA) is 53.7 Å². The van der Waals surface area contributed by atoms with Gasteiger partial charge in [0.05, 0.1) is 10.6 Å². The van der Waals surface area contributed by atoms with Crippen LogP contribution in [0.5, 0.6) is 0 Å². The second kappa shape index (κ2) is 9.00. The molecular weight excluding hydrogens is 489 g/mol. The summed E-state index contributed by atoms with van der Waals surface area (Å²) in [5.74, 6) is -2.33. The molecule has 35 heavy (non-hydrogen) atoms. The van der Waals surface area contributed by atoms with Crippen molar-refractivity contribution in [1.29, 1.82) is 0 Å². The van der Waals surface area contributed by atoms with E-state index < -0.39 is 29.4 Å². The van der Waals surface area contributed by atoms with Crippen molar-refractivity contribution in [2.24, 2.45) is 0 Å². The first-order valence-corrected chi connectivity index (χ1v) is 11.5. The van der Waals surface area contributed by atoms with Crippen molar-refractivity contribution in [2.45, 2.75) is 12.7 Å². The number of thiophene rings is 1. The van der Waals surface area contributed by atoms with Crippen molar-refractivity contribution in [2.75, 3.05) is 26.2 Å². The summed E-state index contributed by atoms with van der Waals surface area (Å²) < 4.78 is 69.3. The van der Waals surface area contributed by atoms with E-state index in [0.717, 1.165) is 12.1 Å². The highest BCUT2D eigenvalue weighted by Crippen LogP contribution is 2.33. The Hall–Kier alpha value is -3.38. The second-order valence-corrected chi connectivity index (χ2v) is 9.03. The smallest absolute Gasteiger partial charge is 0.335 e. The van der Waals surface area contributed by atoms with Gasteiger partial charge in [-0.2, -0.15) is 18.3 Å². The summed E-state index contributed by atoms with van der Waals surface area (Å²) in [5.41, 5.74) is -0.871. The molecule has 0 saturated carbocycles. The lowest BCUT2D eigenvalue weighted by Crippen LogP contribution is -2.48. The molecule has 0 radical (unpaired) electrons. The van der Waals surface area contributed by atoms with Crippen molar-refractivity contribution in [3.63, 3.8) is 0 Å². The normalized spacial score (nSPS) is 15.2. The number of amides is 1. The molecule has 0 atom stereocenters. The predicted octanol–water partition coefficient (Wildman–Crippen LogP) is 4.71. The molecule has 0 spiro atoms. The maximum absolute atomic E-state index is 14.0. The highest BCUT2D eigenvalue weighted by atomic mass is 32.1. The second-order valence-electron chi connectivity index (χ2n) is 8.08. The molecule has 1 amide bonds. The lowest BCUT2D eigenvalue weighted by Gasteiger charge is -2.34. The third kappa shape index (κ3) is 4.63. The van der Waals surface area contributed by atoms with Crippen LogP contribution in [0.1, 0.15) is 21.7 Å². The average molecular weight is 507 g/mol. The van der Waals surface area contributed by atoms with Gasteiger partial charge in [0.25, 0.3) is 5.91 Å². The molecule has 5 rings (SSSR count). The molecule has 12 heteroatoms. The number of fused-ring (bicyclic) bond motifs is 1. The van der Waals surface area contributed by atoms with Crippen LogP contribution in [0.15, 0.2) is 47.8 Å². The summed E-state index contributed by atoms with van der Waals surface area (Å²) in [7, 11) is 0. The number of halogens is 5. The number of aromatic nitrogens is 3. The van der Waals surface area contributed by atoms with E-state index in [1.54, 1.807) is 17.5 Å². The van der Waals surface area contributed by atoms with E-state index in [0.29, 0.717) is 22.5 Å². The number of carbonyl (C=O) groups is 1. The van der Waals surface area contributed by atoms with E-state index in [4.69, 9.17) is 0 Å². The van der Waals surface area contributed by atoms with Gasteiger partial charge in [-0.1, -0.05) is 18.2 Å². The fourth-order valence-corrected chi connectivity index (χ4v) is 4.70. The lowest BCUT2D eigenvalue weighted by molar-refractivity contribution is -0.142. The van der Waals surface area contributed by atoms with Crippen LogP contribution in [0.4, 0.5) is 22.0 Å². The van der Waals surface area contributed by atoms with Crippen LogP contribution in [0, 0.1) is 11.6 Å². The molecule has 1 fully saturated rings. The first-order valence-electron chi connectivity index (χ1n) is 10.7. The molecule has 0 N–H and O–H groups in total. The molecule has 0 aliphatic carbocycles. The highest BCUT2D eigenvalue weighted by Gasteiger charge is 2.36. The number of benzene rings is 1. The number of carbonyl (C=O) groups excluding carboxylic acids is 1. The van der Waals surface area contributed by atoms with Gasteiger partial charge in [0.15, 0.2) is 28.7 Å². The lowest BCUT2D eigenvalue weighted by atomic mass is 10.1. The summed E-state index contributed by atoms with van der Waals surface area (Å²) in [4.78, 5) is 21.2. The number of piperazine rings is 1. The van der Waals surface area contributed by atoms with Crippen LogP contribution in [0.3, 0.4) is 0 Å². The monoisotopic (exact) mass is 507 g/mol. The minimum Gasteiger partial charge on any atom is -0.335 e. The van der Waals surface area contributed by atoms with Crippen LogP contribution >= 0.6 is 11.3 Å². The van der Waals surface area contributed by atoms with Gasteiger partial charge in [0.1, 0.15) is 0 Å². The van der Waals surface area contributed by atoms with Crippen molar-refractivity contribution in [3.8, 4) is 10.6 Å². The fourth-order valence-electron chi connectivity index (χ4n) is 4.01. The van der Waals surface area contributed by atoms with Gasteiger partial charge in [-0.25, -0.2) is 18.3 Å². The summed E-state index contributed by atoms with van der Waals surface area (Å²) >= 11 is 1.26. The Kier molecular flexibility index (Phi) is 6.01. The molecule has 1 aliphatic rings. The van der Waals surface area contributed by atoms with Gasteiger partial charge in [-0.05, 0) is 23.6 Å². The fraction of sp³-hybridized carbons (Fsp3) is 0.261. The zero-order valence-corrected chi connectivity index (χ0v) is 18.9. The average Bonchev–Trinajstić information content (AvgIpc) is 3.51. The molecule has 4 aromatic rings. The van der Waals surface area contributed by atoms with Crippen molar-refractivity contribution in [3.05, 3.63) is 76.4 Å². The predicted molar refractivity (Wildman–Crippen MR) is 119 cm³/mol. The van der Waals surface area contributed by atoms with Gasteiger partial charge >= 0.3 is 6.18 Å². The summed E-state index contributed by atoms with van der Waals surface area (Å²) in [6.07, 6.45) is -4.70. The van der Waals surface area contributed by atoms with Gasteiger partial charge in [-0.15, -0.1) is 11.3 Å². The van der Waals surface area contributed by atoms with E-state index in [1.807, 2.05) is 4.90 Å². The van der Waals surface area contributed by atoms with Crippen LogP contribution in [-0.2, 0) is 12.7 Å². The Balaban J connectivity index is 1.35. The molecule has 4 heterocycles. The maximum Gasteiger partial charge on any atom is 0.433 e. The van der Waals surface area contributed by atoms with Crippen LogP contribution in [0.25, 0.3) is 16.2 Å². The Morgan fingerprint density at radius 2 is 1.80 bits per heavy atom. The Morgan fingerprint density at radius 1 is 1.03 bits per heavy atom. The first-order chi connectivity index (χ1) is 16.7. The van der Waals surface area contributed by atoms with Crippen LogP contribution < -0.4 is 0 Å². The zero-order valence-electron chi connectivity index (χ0n) is 18.1. The molecule has 3 aromatic heterocycles. The largest absolute Gasteiger partial charge is 0.433 e. The molecule has 6 nitrogen and oxygen atoms in total. The number of hydrogen-bond acceptors (Lipinski definition) is 5. The number of rotatable bonds is 4. The Bertz CT molecular complexity index is 1380. The standard InChI is InChI=1S/C23H18F5N5OS/c24-15-4-1-3-14(21(15)25)13-31-6-8-32(9-7-31)22(34)17-12-20-29-16(18-5-2-10-35-18)11-19(23(26,27)28)33(20)30-17/h1-5,10-12H,6-9,13H2. The van der Waals surface area contributed by atoms with Crippen molar-refractivity contribution < 1.29 is 26.7 Å². The van der Waals surface area contributed by atoms with E-state index in [9.17, 15) is 26.7 Å². The van der Waals surface area contributed by atoms with Gasteiger partial charge < -0.3 is 4.90 Å². The minimum absolute atomic E-state index is 0.0770. The number of hydrogen-bond donors (Lipinski definition) is 0. The first kappa shape index (κ1) is 23.4. The summed E-state index contributed by atoms with van der Waals surface area (Å²) in [6, 6.07) is 9.54.